The van der Waals surface area contributed by atoms with Crippen molar-refractivity contribution in [1.82, 2.24) is 4.98 Å². The lowest BCUT2D eigenvalue weighted by atomic mass is 9.97. The maximum absolute atomic E-state index is 12.7. The van der Waals surface area contributed by atoms with E-state index < -0.39 is 11.9 Å². The van der Waals surface area contributed by atoms with E-state index in [0.29, 0.717) is 55.8 Å². The number of aryl methyl sites for hydroxylation is 4. The van der Waals surface area contributed by atoms with E-state index in [2.05, 4.69) is 56.5 Å². The van der Waals surface area contributed by atoms with Crippen LogP contribution in [0.1, 0.15) is 127 Å². The number of carbonyl (C=O) groups excluding carboxylic acids is 4. The predicted octanol–water partition coefficient (Wildman–Crippen LogP) is 13.6. The molecule has 0 aliphatic carbocycles. The third-order valence-electron chi connectivity index (χ3n) is 12.3. The second-order valence-electron chi connectivity index (χ2n) is 17.9. The quantitative estimate of drug-likeness (QED) is 0.0131. The van der Waals surface area contributed by atoms with E-state index >= 15 is 0 Å². The Morgan fingerprint density at radius 2 is 0.875 bits per heavy atom. The van der Waals surface area contributed by atoms with Crippen LogP contribution < -0.4 is 9.47 Å². The van der Waals surface area contributed by atoms with E-state index in [0.717, 1.165) is 152 Å². The number of pyridine rings is 1. The molecule has 0 radical (unpaired) electrons. The van der Waals surface area contributed by atoms with E-state index in [1.807, 2.05) is 72.8 Å². The van der Waals surface area contributed by atoms with Crippen LogP contribution in [0.25, 0.3) is 21.7 Å². The summed E-state index contributed by atoms with van der Waals surface area (Å²) >= 11 is 0. The number of nitrogens with zero attached hydrogens (tertiary/aromatic N) is 1. The van der Waals surface area contributed by atoms with Crippen molar-refractivity contribution < 1.29 is 47.6 Å². The van der Waals surface area contributed by atoms with Crippen LogP contribution in [0.2, 0.25) is 0 Å². The van der Waals surface area contributed by atoms with Gasteiger partial charge >= 0.3 is 23.9 Å². The lowest BCUT2D eigenvalue weighted by molar-refractivity contribution is -0.138. The molecule has 0 atom stereocenters. The fourth-order valence-electron chi connectivity index (χ4n) is 8.16. The molecule has 0 spiro atoms. The third kappa shape index (κ3) is 17.8. The molecule has 0 aliphatic rings. The molecule has 0 N–H and O–H groups in total. The molecule has 0 bridgehead atoms. The Balaban J connectivity index is 1.07. The van der Waals surface area contributed by atoms with E-state index in [4.69, 9.17) is 33.4 Å². The standard InChI is InChI=1S/C61H69NO10/c1-4-7-8-13-38-67-51-32-34-52(35-33-51)72-59-55-43-47(20-18-45-22-28-49(29-23-45)60(65)70-41-16-11-9-14-39-68-57(63)5-2)26-36-53(55)54-37-27-48(44-56(54)62-59)21-19-46-24-30-50(31-25-46)61(66)71-42-17-12-10-15-40-69-58(64)6-3/h5-6,22-37,43-44H,2-4,7-21,38-42H2,1H3. The fourth-order valence-corrected chi connectivity index (χ4v) is 8.16. The highest BCUT2D eigenvalue weighted by Crippen LogP contribution is 2.35. The monoisotopic (exact) mass is 975 g/mol. The molecule has 0 aliphatic heterocycles. The molecule has 6 rings (SSSR count). The van der Waals surface area contributed by atoms with Crippen LogP contribution in [0.15, 0.2) is 135 Å². The summed E-state index contributed by atoms with van der Waals surface area (Å²) in [6.45, 7) is 11.1. The Bertz CT molecular complexity index is 2690. The van der Waals surface area contributed by atoms with E-state index in [-0.39, 0.29) is 11.9 Å². The summed E-state index contributed by atoms with van der Waals surface area (Å²) < 4.78 is 33.6. The zero-order chi connectivity index (χ0) is 50.8. The number of rotatable bonds is 32. The Morgan fingerprint density at radius 1 is 0.444 bits per heavy atom. The summed E-state index contributed by atoms with van der Waals surface area (Å²) in [6, 6.07) is 35.9. The predicted molar refractivity (Wildman–Crippen MR) is 283 cm³/mol. The van der Waals surface area contributed by atoms with Gasteiger partial charge in [0, 0.05) is 22.9 Å². The molecule has 11 nitrogen and oxygen atoms in total. The highest BCUT2D eigenvalue weighted by atomic mass is 16.5. The summed E-state index contributed by atoms with van der Waals surface area (Å²) in [7, 11) is 0. The van der Waals surface area contributed by atoms with Gasteiger partial charge in [0.1, 0.15) is 11.5 Å². The fraction of sp³-hybridized carbons (Fsp3) is 0.361. The lowest BCUT2D eigenvalue weighted by Gasteiger charge is -2.14. The van der Waals surface area contributed by atoms with Gasteiger partial charge in [-0.2, -0.15) is 0 Å². The van der Waals surface area contributed by atoms with Crippen LogP contribution in [0.4, 0.5) is 0 Å². The zero-order valence-corrected chi connectivity index (χ0v) is 41.8. The maximum atomic E-state index is 12.7. The third-order valence-corrected chi connectivity index (χ3v) is 12.3. The van der Waals surface area contributed by atoms with Crippen LogP contribution in [0.3, 0.4) is 0 Å². The summed E-state index contributed by atoms with van der Waals surface area (Å²) in [5.74, 6) is 0.493. The smallest absolute Gasteiger partial charge is 0.338 e. The number of esters is 4. The molecule has 5 aromatic carbocycles. The first-order valence-electron chi connectivity index (χ1n) is 25.6. The molecule has 6 aromatic rings. The molecule has 1 aromatic heterocycles. The molecule has 0 fully saturated rings. The van der Waals surface area contributed by atoms with Crippen LogP contribution in [-0.2, 0) is 54.2 Å². The topological polar surface area (TPSA) is 137 Å². The van der Waals surface area contributed by atoms with Crippen molar-refractivity contribution >= 4 is 45.6 Å². The van der Waals surface area contributed by atoms with Gasteiger partial charge in [0.2, 0.25) is 5.88 Å². The Kier molecular flexibility index (Phi) is 22.4. The van der Waals surface area contributed by atoms with Crippen molar-refractivity contribution in [3.8, 4) is 17.4 Å². The van der Waals surface area contributed by atoms with Gasteiger partial charge in [-0.15, -0.1) is 0 Å². The van der Waals surface area contributed by atoms with Crippen molar-refractivity contribution in [3.63, 3.8) is 0 Å². The van der Waals surface area contributed by atoms with Gasteiger partial charge in [-0.3, -0.25) is 0 Å². The van der Waals surface area contributed by atoms with Crippen molar-refractivity contribution in [1.29, 1.82) is 0 Å². The lowest BCUT2D eigenvalue weighted by Crippen LogP contribution is -2.07. The molecule has 72 heavy (non-hydrogen) atoms. The minimum Gasteiger partial charge on any atom is -0.494 e. The van der Waals surface area contributed by atoms with Crippen LogP contribution in [0.5, 0.6) is 17.4 Å². The minimum absolute atomic E-state index is 0.337. The Labute approximate surface area is 424 Å². The van der Waals surface area contributed by atoms with Gasteiger partial charge < -0.3 is 28.4 Å². The summed E-state index contributed by atoms with van der Waals surface area (Å²) in [4.78, 5) is 52.9. The number of aromatic nitrogens is 1. The van der Waals surface area contributed by atoms with Crippen molar-refractivity contribution in [2.75, 3.05) is 33.0 Å². The first-order chi connectivity index (χ1) is 35.2. The second-order valence-corrected chi connectivity index (χ2v) is 17.9. The Hall–Kier alpha value is -7.27. The van der Waals surface area contributed by atoms with Gasteiger partial charge in [-0.25, -0.2) is 24.2 Å². The number of fused-ring (bicyclic) bond motifs is 3. The van der Waals surface area contributed by atoms with Gasteiger partial charge in [-0.1, -0.05) is 87.9 Å². The van der Waals surface area contributed by atoms with E-state index in [1.165, 1.54) is 12.8 Å². The summed E-state index contributed by atoms with van der Waals surface area (Å²) in [6.07, 6.45) is 16.5. The molecular weight excluding hydrogens is 907 g/mol. The minimum atomic E-state index is -0.413. The molecule has 1 heterocycles. The number of hydrogen-bond acceptors (Lipinski definition) is 11. The van der Waals surface area contributed by atoms with Gasteiger partial charge in [0.05, 0.1) is 49.7 Å². The van der Waals surface area contributed by atoms with Crippen LogP contribution >= 0.6 is 0 Å². The maximum Gasteiger partial charge on any atom is 0.338 e. The van der Waals surface area contributed by atoms with Gasteiger partial charge in [0.15, 0.2) is 0 Å². The van der Waals surface area contributed by atoms with Crippen LogP contribution in [0, 0.1) is 0 Å². The summed E-state index contributed by atoms with van der Waals surface area (Å²) in [5.41, 5.74) is 6.37. The molecule has 378 valence electrons. The van der Waals surface area contributed by atoms with Crippen molar-refractivity contribution in [2.24, 2.45) is 0 Å². The van der Waals surface area contributed by atoms with Gasteiger partial charge in [-0.05, 0) is 172 Å². The first kappa shape index (κ1) is 54.1. The van der Waals surface area contributed by atoms with Gasteiger partial charge in [0.25, 0.3) is 0 Å². The van der Waals surface area contributed by atoms with Crippen molar-refractivity contribution in [3.05, 3.63) is 168 Å². The molecule has 11 heteroatoms. The highest BCUT2D eigenvalue weighted by Gasteiger charge is 2.15. The average molecular weight is 976 g/mol. The first-order valence-corrected chi connectivity index (χ1v) is 25.6. The largest absolute Gasteiger partial charge is 0.494 e. The summed E-state index contributed by atoms with van der Waals surface area (Å²) in [5, 5.41) is 2.99. The van der Waals surface area contributed by atoms with Crippen molar-refractivity contribution in [2.45, 2.75) is 110 Å². The molecule has 0 amide bonds. The SMILES string of the molecule is C=CC(=O)OCCCCCCOC(=O)c1ccc(CCc2ccc3c(c2)nc(Oc2ccc(OCCCCCC)cc2)c2cc(CCc4ccc(C(=O)OCCCCCCOC(=O)C=C)cc4)ccc23)cc1. The number of unbranched alkanes of at least 4 members (excludes halogenated alkanes) is 9. The average Bonchev–Trinajstić information content (AvgIpc) is 3.41. The number of benzene rings is 5. The number of hydrogen-bond donors (Lipinski definition) is 0. The normalized spacial score (nSPS) is 11.0. The second kappa shape index (κ2) is 29.8. The van der Waals surface area contributed by atoms with Crippen LogP contribution in [-0.4, -0.2) is 61.9 Å². The van der Waals surface area contributed by atoms with E-state index in [1.54, 1.807) is 0 Å². The number of carbonyl (C=O) groups is 4. The highest BCUT2D eigenvalue weighted by molar-refractivity contribution is 6.08. The number of ether oxygens (including phenoxy) is 6. The molecule has 0 saturated heterocycles. The molecular formula is C61H69NO10. The molecule has 0 unspecified atom stereocenters. The molecule has 0 saturated carbocycles. The Morgan fingerprint density at radius 3 is 1.39 bits per heavy atom. The van der Waals surface area contributed by atoms with E-state index in [9.17, 15) is 19.2 Å². The zero-order valence-electron chi connectivity index (χ0n) is 41.8.